The summed E-state index contributed by atoms with van der Waals surface area (Å²) in [4.78, 5) is 48.7. The molecule has 0 rings (SSSR count). The van der Waals surface area contributed by atoms with Crippen molar-refractivity contribution < 1.29 is 52.2 Å². The Bertz CT molecular complexity index is 1370. The molecule has 0 aromatic carbocycles. The Hall–Kier alpha value is -2.04. The monoisotopic (exact) mass is 1100 g/mol. The Balaban J connectivity index is 4.67. The zero-order valence-corrected chi connectivity index (χ0v) is 50.6. The summed E-state index contributed by atoms with van der Waals surface area (Å²) in [7, 11) is -4.75. The number of carbonyl (C=O) groups excluding carboxylic acids is 3. The highest BCUT2D eigenvalue weighted by atomic mass is 31.2. The number of allylic oxidation sites excluding steroid dienone is 4. The van der Waals surface area contributed by atoms with Gasteiger partial charge >= 0.3 is 25.7 Å². The standard InChI is InChI=1S/C64H121O11P/c1-4-7-10-13-16-19-22-25-27-29-30-32-34-37-40-43-46-49-52-55-64(68)75-61(57-71-62(66)53-50-47-44-41-38-36-33-31-28-26-23-20-17-14-11-8-5-2)59-73-76(69,70)72-58-60(56-65)74-63(67)54-51-48-45-42-39-35-24-21-18-15-12-9-6-3/h21,24-25,27,60-61,65H,4-20,22-23,26,28-59H2,1-3H3,(H,69,70)/b24-21-,27-25-. The summed E-state index contributed by atoms with van der Waals surface area (Å²) >= 11 is 0. The molecule has 0 radical (unpaired) electrons. The van der Waals surface area contributed by atoms with Gasteiger partial charge in [-0.3, -0.25) is 23.4 Å². The second-order valence-corrected chi connectivity index (χ2v) is 23.4. The van der Waals surface area contributed by atoms with Crippen LogP contribution in [0.3, 0.4) is 0 Å². The Kier molecular flexibility index (Phi) is 57.5. The predicted octanol–water partition coefficient (Wildman–Crippen LogP) is 19.4. The van der Waals surface area contributed by atoms with E-state index >= 15 is 0 Å². The second-order valence-electron chi connectivity index (χ2n) is 21.9. The molecular formula is C64H121O11P. The van der Waals surface area contributed by atoms with Gasteiger partial charge in [0.25, 0.3) is 0 Å². The summed E-state index contributed by atoms with van der Waals surface area (Å²) in [6.07, 6.45) is 61.3. The van der Waals surface area contributed by atoms with E-state index < -0.39 is 57.8 Å². The van der Waals surface area contributed by atoms with Crippen LogP contribution in [0.2, 0.25) is 0 Å². The highest BCUT2D eigenvalue weighted by molar-refractivity contribution is 7.47. The average Bonchev–Trinajstić information content (AvgIpc) is 3.41. The van der Waals surface area contributed by atoms with Crippen LogP contribution in [-0.2, 0) is 42.2 Å². The van der Waals surface area contributed by atoms with Crippen molar-refractivity contribution in [3.05, 3.63) is 24.3 Å². The highest BCUT2D eigenvalue weighted by Crippen LogP contribution is 2.43. The third kappa shape index (κ3) is 56.7. The fourth-order valence-corrected chi connectivity index (χ4v) is 10.2. The number of hydrogen-bond donors (Lipinski definition) is 2. The van der Waals surface area contributed by atoms with Crippen molar-refractivity contribution in [2.24, 2.45) is 0 Å². The van der Waals surface area contributed by atoms with Gasteiger partial charge in [0.1, 0.15) is 12.7 Å². The quantitative estimate of drug-likeness (QED) is 0.0197. The molecule has 12 heteroatoms. The van der Waals surface area contributed by atoms with Crippen LogP contribution in [-0.4, -0.2) is 66.5 Å². The van der Waals surface area contributed by atoms with Gasteiger partial charge in [-0.25, -0.2) is 4.57 Å². The molecule has 0 amide bonds. The van der Waals surface area contributed by atoms with Crippen LogP contribution < -0.4 is 0 Å². The maximum absolute atomic E-state index is 13.0. The number of esters is 3. The van der Waals surface area contributed by atoms with Gasteiger partial charge in [-0.1, -0.05) is 263 Å². The molecule has 0 heterocycles. The molecule has 0 fully saturated rings. The van der Waals surface area contributed by atoms with Crippen molar-refractivity contribution >= 4 is 25.7 Å². The SMILES string of the molecule is CCCCCC/C=C\CCCCCCCC(=O)OC(CO)COP(=O)(O)OCC(COC(=O)CCCCCCCCCCCCCCCCCCC)OC(=O)CCCCCCCCCCC/C=C\CCCCCCCC. The molecule has 76 heavy (non-hydrogen) atoms. The van der Waals surface area contributed by atoms with Crippen LogP contribution in [0.4, 0.5) is 0 Å². The van der Waals surface area contributed by atoms with E-state index in [2.05, 4.69) is 45.1 Å². The normalized spacial score (nSPS) is 13.4. The minimum atomic E-state index is -4.75. The maximum atomic E-state index is 13.0. The zero-order valence-electron chi connectivity index (χ0n) is 49.7. The first-order valence-electron chi connectivity index (χ1n) is 32.2. The summed E-state index contributed by atoms with van der Waals surface area (Å²) in [6, 6.07) is 0. The lowest BCUT2D eigenvalue weighted by Gasteiger charge is -2.21. The van der Waals surface area contributed by atoms with Gasteiger partial charge < -0.3 is 24.2 Å². The molecule has 0 spiro atoms. The maximum Gasteiger partial charge on any atom is 0.472 e. The van der Waals surface area contributed by atoms with Gasteiger partial charge in [0.15, 0.2) is 6.10 Å². The van der Waals surface area contributed by atoms with E-state index in [1.54, 1.807) is 0 Å². The molecule has 0 aromatic rings. The number of hydrogen-bond acceptors (Lipinski definition) is 10. The molecule has 0 aromatic heterocycles. The number of unbranched alkanes of at least 4 members (excludes halogenated alkanes) is 40. The van der Waals surface area contributed by atoms with Crippen LogP contribution in [0.25, 0.3) is 0 Å². The van der Waals surface area contributed by atoms with Gasteiger partial charge in [0.2, 0.25) is 0 Å². The number of rotatable bonds is 61. The molecule has 0 saturated heterocycles. The lowest BCUT2D eigenvalue weighted by Crippen LogP contribution is -2.30. The fourth-order valence-electron chi connectivity index (χ4n) is 9.41. The third-order valence-electron chi connectivity index (χ3n) is 14.3. The molecule has 0 aliphatic carbocycles. The molecule has 11 nitrogen and oxygen atoms in total. The fraction of sp³-hybridized carbons (Fsp3) is 0.891. The second kappa shape index (κ2) is 59.1. The van der Waals surface area contributed by atoms with Gasteiger partial charge in [-0.2, -0.15) is 0 Å². The van der Waals surface area contributed by atoms with E-state index in [0.717, 1.165) is 77.0 Å². The van der Waals surface area contributed by atoms with Crippen molar-refractivity contribution in [2.45, 2.75) is 341 Å². The molecule has 0 saturated carbocycles. The zero-order chi connectivity index (χ0) is 55.5. The van der Waals surface area contributed by atoms with Crippen LogP contribution >= 0.6 is 7.82 Å². The molecule has 0 aliphatic heterocycles. The minimum Gasteiger partial charge on any atom is -0.462 e. The van der Waals surface area contributed by atoms with E-state index in [1.807, 2.05) is 0 Å². The van der Waals surface area contributed by atoms with Crippen molar-refractivity contribution in [1.82, 2.24) is 0 Å². The molecule has 0 bridgehead atoms. The van der Waals surface area contributed by atoms with Crippen molar-refractivity contribution in [2.75, 3.05) is 26.4 Å². The highest BCUT2D eigenvalue weighted by Gasteiger charge is 2.28. The number of phosphoric acid groups is 1. The molecule has 3 unspecified atom stereocenters. The molecule has 2 N–H and O–H groups in total. The minimum absolute atomic E-state index is 0.170. The number of aliphatic hydroxyl groups excluding tert-OH is 1. The summed E-state index contributed by atoms with van der Waals surface area (Å²) in [5.41, 5.74) is 0. The lowest BCUT2D eigenvalue weighted by molar-refractivity contribution is -0.161. The number of aliphatic hydroxyl groups is 1. The summed E-state index contributed by atoms with van der Waals surface area (Å²) in [5, 5.41) is 9.83. The van der Waals surface area contributed by atoms with Crippen LogP contribution in [0.5, 0.6) is 0 Å². The Morgan fingerprint density at radius 1 is 0.355 bits per heavy atom. The Morgan fingerprint density at radius 2 is 0.605 bits per heavy atom. The molecular weight excluding hydrogens is 976 g/mol. The number of carbonyl (C=O) groups is 3. The Morgan fingerprint density at radius 3 is 0.921 bits per heavy atom. The van der Waals surface area contributed by atoms with Crippen molar-refractivity contribution in [1.29, 1.82) is 0 Å². The molecule has 3 atom stereocenters. The van der Waals surface area contributed by atoms with Crippen LogP contribution in [0.1, 0.15) is 329 Å². The largest absolute Gasteiger partial charge is 0.472 e. The van der Waals surface area contributed by atoms with Gasteiger partial charge in [0.05, 0.1) is 19.8 Å². The summed E-state index contributed by atoms with van der Waals surface area (Å²) in [5.74, 6) is -1.45. The number of ether oxygens (including phenoxy) is 3. The van der Waals surface area contributed by atoms with Gasteiger partial charge in [-0.15, -0.1) is 0 Å². The topological polar surface area (TPSA) is 155 Å². The van der Waals surface area contributed by atoms with E-state index in [1.165, 1.54) is 193 Å². The number of phosphoric ester groups is 1. The van der Waals surface area contributed by atoms with Gasteiger partial charge in [-0.05, 0) is 70.6 Å². The van der Waals surface area contributed by atoms with E-state index in [9.17, 15) is 28.9 Å². The van der Waals surface area contributed by atoms with Crippen molar-refractivity contribution in [3.8, 4) is 0 Å². The van der Waals surface area contributed by atoms with E-state index in [4.69, 9.17) is 23.3 Å². The predicted molar refractivity (Wildman–Crippen MR) is 316 cm³/mol. The van der Waals surface area contributed by atoms with Crippen molar-refractivity contribution in [3.63, 3.8) is 0 Å². The van der Waals surface area contributed by atoms with Crippen LogP contribution in [0.15, 0.2) is 24.3 Å². The summed E-state index contributed by atoms with van der Waals surface area (Å²) < 4.78 is 39.7. The first kappa shape index (κ1) is 74.0. The lowest BCUT2D eigenvalue weighted by atomic mass is 10.0. The van der Waals surface area contributed by atoms with Crippen LogP contribution in [0, 0.1) is 0 Å². The third-order valence-corrected chi connectivity index (χ3v) is 15.3. The van der Waals surface area contributed by atoms with E-state index in [0.29, 0.717) is 19.3 Å². The first-order chi connectivity index (χ1) is 37.2. The average molecular weight is 1100 g/mol. The summed E-state index contributed by atoms with van der Waals surface area (Å²) in [6.45, 7) is 4.69. The van der Waals surface area contributed by atoms with E-state index in [-0.39, 0.29) is 25.9 Å². The smallest absolute Gasteiger partial charge is 0.462 e. The molecule has 0 aliphatic rings. The Labute approximate surface area is 468 Å². The van der Waals surface area contributed by atoms with Gasteiger partial charge in [0, 0.05) is 19.3 Å². The first-order valence-corrected chi connectivity index (χ1v) is 33.7. The molecule has 448 valence electrons.